The molecule has 0 aromatic heterocycles. The fourth-order valence-corrected chi connectivity index (χ4v) is 5.09. The van der Waals surface area contributed by atoms with Crippen molar-refractivity contribution in [1.82, 2.24) is 0 Å². The Bertz CT molecular complexity index is 1020. The van der Waals surface area contributed by atoms with E-state index < -0.39 is 0 Å². The van der Waals surface area contributed by atoms with E-state index in [9.17, 15) is 4.79 Å². The van der Waals surface area contributed by atoms with Crippen LogP contribution in [0.4, 0.5) is 17.1 Å². The highest BCUT2D eigenvalue weighted by Crippen LogP contribution is 2.45. The molecule has 0 unspecified atom stereocenters. The van der Waals surface area contributed by atoms with Gasteiger partial charge < -0.3 is 10.2 Å². The van der Waals surface area contributed by atoms with Gasteiger partial charge in [0.2, 0.25) is 0 Å². The van der Waals surface area contributed by atoms with Crippen LogP contribution in [0.15, 0.2) is 41.4 Å². The maximum Gasteiger partial charge on any atom is 0.144 e. The number of nitrogens with one attached hydrogen (secondary N) is 1. The van der Waals surface area contributed by atoms with Gasteiger partial charge >= 0.3 is 0 Å². The molecule has 4 heteroatoms. The van der Waals surface area contributed by atoms with E-state index in [1.165, 1.54) is 16.8 Å². The number of hydrogen-bond acceptors (Lipinski definition) is 4. The van der Waals surface area contributed by atoms with Crippen molar-refractivity contribution < 1.29 is 4.79 Å². The first-order valence-electron chi connectivity index (χ1n) is 11.5. The van der Waals surface area contributed by atoms with Crippen molar-refractivity contribution in [3.8, 4) is 0 Å². The average Bonchev–Trinajstić information content (AvgIpc) is 2.85. The van der Waals surface area contributed by atoms with Crippen molar-refractivity contribution in [1.29, 1.82) is 0 Å². The van der Waals surface area contributed by atoms with Gasteiger partial charge in [0.15, 0.2) is 0 Å². The summed E-state index contributed by atoms with van der Waals surface area (Å²) in [4.78, 5) is 20.8. The lowest BCUT2D eigenvalue weighted by Crippen LogP contribution is -2.42. The van der Waals surface area contributed by atoms with Gasteiger partial charge in [0, 0.05) is 30.9 Å². The summed E-state index contributed by atoms with van der Waals surface area (Å²) >= 11 is 0. The van der Waals surface area contributed by atoms with Crippen molar-refractivity contribution in [2.45, 2.75) is 60.4 Å². The van der Waals surface area contributed by atoms with Crippen LogP contribution < -0.4 is 10.2 Å². The van der Waals surface area contributed by atoms with Crippen molar-refractivity contribution in [2.75, 3.05) is 23.3 Å². The van der Waals surface area contributed by atoms with E-state index in [1.54, 1.807) is 0 Å². The number of rotatable bonds is 4. The van der Waals surface area contributed by atoms with E-state index in [2.05, 4.69) is 88.2 Å². The smallest absolute Gasteiger partial charge is 0.144 e. The molecule has 0 saturated heterocycles. The molecule has 2 aromatic carbocycles. The van der Waals surface area contributed by atoms with Crippen LogP contribution in [-0.2, 0) is 4.79 Å². The zero-order chi connectivity index (χ0) is 22.3. The van der Waals surface area contributed by atoms with Crippen LogP contribution >= 0.6 is 0 Å². The standard InChI is InChI=1S/C27H35N3O/c1-7-30(8-2)20-11-9-19(10-12-20)26-25-23(15-27(5,6)16-24(25)31)28-21-13-17(3)18(4)14-22(21)29-26/h9-14,25-26,29H,7-8,15-16H2,1-6H3/t25-,26-/m1/s1. The second kappa shape index (κ2) is 8.14. The monoisotopic (exact) mass is 417 g/mol. The number of anilines is 2. The molecule has 31 heavy (non-hydrogen) atoms. The molecular weight excluding hydrogens is 382 g/mol. The molecule has 164 valence electrons. The summed E-state index contributed by atoms with van der Waals surface area (Å²) in [5, 5.41) is 3.73. The number of carbonyl (C=O) groups excluding carboxylic acids is 1. The predicted octanol–water partition coefficient (Wildman–Crippen LogP) is 6.39. The molecule has 4 rings (SSSR count). The Hall–Kier alpha value is -2.62. The van der Waals surface area contributed by atoms with Crippen molar-refractivity contribution in [3.63, 3.8) is 0 Å². The van der Waals surface area contributed by atoms with Crippen LogP contribution in [-0.4, -0.2) is 24.6 Å². The van der Waals surface area contributed by atoms with Crippen LogP contribution in [0.25, 0.3) is 0 Å². The fraction of sp³-hybridized carbons (Fsp3) is 0.481. The number of fused-ring (bicyclic) bond motifs is 2. The fourth-order valence-electron chi connectivity index (χ4n) is 5.09. The molecule has 0 radical (unpaired) electrons. The molecule has 0 amide bonds. The van der Waals surface area contributed by atoms with E-state index in [0.29, 0.717) is 12.2 Å². The molecule has 1 saturated carbocycles. The predicted molar refractivity (Wildman–Crippen MR) is 131 cm³/mol. The lowest BCUT2D eigenvalue weighted by molar-refractivity contribution is -0.124. The summed E-state index contributed by atoms with van der Waals surface area (Å²) in [6.45, 7) is 14.9. The van der Waals surface area contributed by atoms with Gasteiger partial charge in [0.1, 0.15) is 5.78 Å². The number of aliphatic imine (C=N–C) groups is 1. The minimum absolute atomic E-state index is 0.0478. The average molecular weight is 418 g/mol. The SMILES string of the molecule is CCN(CC)c1ccc([C@H]2Nc3cc(C)c(C)cc3N=C3CC(C)(C)CC(=O)[C@@H]32)cc1. The molecule has 0 bridgehead atoms. The second-order valence-electron chi connectivity index (χ2n) is 9.90. The van der Waals surface area contributed by atoms with Gasteiger partial charge in [-0.1, -0.05) is 26.0 Å². The largest absolute Gasteiger partial charge is 0.375 e. The molecule has 1 aliphatic carbocycles. The molecule has 4 nitrogen and oxygen atoms in total. The maximum atomic E-state index is 13.4. The van der Waals surface area contributed by atoms with Crippen molar-refractivity contribution >= 4 is 28.6 Å². The van der Waals surface area contributed by atoms with Crippen LogP contribution in [0.3, 0.4) is 0 Å². The Morgan fingerprint density at radius 2 is 1.68 bits per heavy atom. The number of ketones is 1. The van der Waals surface area contributed by atoms with Gasteiger partial charge in [-0.2, -0.15) is 0 Å². The van der Waals surface area contributed by atoms with Gasteiger partial charge in [0.05, 0.1) is 23.3 Å². The topological polar surface area (TPSA) is 44.7 Å². The van der Waals surface area contributed by atoms with E-state index >= 15 is 0 Å². The molecule has 2 aliphatic rings. The Kier molecular flexibility index (Phi) is 5.67. The minimum atomic E-state index is -0.222. The Morgan fingerprint density at radius 1 is 1.03 bits per heavy atom. The van der Waals surface area contributed by atoms with Gasteiger partial charge in [-0.05, 0) is 80.5 Å². The zero-order valence-electron chi connectivity index (χ0n) is 19.7. The van der Waals surface area contributed by atoms with Crippen LogP contribution in [0, 0.1) is 25.2 Å². The summed E-state index contributed by atoms with van der Waals surface area (Å²) < 4.78 is 0. The zero-order valence-corrected chi connectivity index (χ0v) is 19.7. The number of aryl methyl sites for hydroxylation is 2. The summed E-state index contributed by atoms with van der Waals surface area (Å²) in [7, 11) is 0. The van der Waals surface area contributed by atoms with Gasteiger partial charge in [-0.15, -0.1) is 0 Å². The molecule has 2 atom stereocenters. The molecule has 2 aromatic rings. The van der Waals surface area contributed by atoms with E-state index in [1.807, 2.05) is 0 Å². The maximum absolute atomic E-state index is 13.4. The van der Waals surface area contributed by atoms with E-state index in [0.717, 1.165) is 42.2 Å². The molecule has 0 spiro atoms. The van der Waals surface area contributed by atoms with Gasteiger partial charge in [-0.3, -0.25) is 9.79 Å². The summed E-state index contributed by atoms with van der Waals surface area (Å²) in [5.41, 5.74) is 7.78. The Morgan fingerprint density at radius 3 is 2.32 bits per heavy atom. The molecule has 1 heterocycles. The van der Waals surface area contributed by atoms with Gasteiger partial charge in [-0.25, -0.2) is 0 Å². The third-order valence-corrected chi connectivity index (χ3v) is 6.92. The van der Waals surface area contributed by atoms with E-state index in [4.69, 9.17) is 4.99 Å². The number of hydrogen-bond donors (Lipinski definition) is 1. The third kappa shape index (κ3) is 4.13. The summed E-state index contributed by atoms with van der Waals surface area (Å²) in [6.07, 6.45) is 1.45. The first-order chi connectivity index (χ1) is 14.7. The molecule has 1 fully saturated rings. The second-order valence-corrected chi connectivity index (χ2v) is 9.90. The van der Waals surface area contributed by atoms with Crippen LogP contribution in [0.5, 0.6) is 0 Å². The molecular formula is C27H35N3O. The molecule has 1 aliphatic heterocycles. The minimum Gasteiger partial charge on any atom is -0.375 e. The lowest BCUT2D eigenvalue weighted by atomic mass is 9.68. The number of nitrogens with zero attached hydrogens (tertiary/aromatic N) is 2. The lowest BCUT2D eigenvalue weighted by Gasteiger charge is -2.37. The molecule has 1 N–H and O–H groups in total. The third-order valence-electron chi connectivity index (χ3n) is 6.92. The number of benzene rings is 2. The first kappa shape index (κ1) is 21.6. The quantitative estimate of drug-likeness (QED) is 0.626. The summed E-state index contributed by atoms with van der Waals surface area (Å²) in [5.74, 6) is 0.0712. The normalized spacial score (nSPS) is 22.0. The summed E-state index contributed by atoms with van der Waals surface area (Å²) in [6, 6.07) is 13.0. The van der Waals surface area contributed by atoms with Crippen molar-refractivity contribution in [3.05, 3.63) is 53.1 Å². The van der Waals surface area contributed by atoms with Crippen LogP contribution in [0.1, 0.15) is 63.3 Å². The Balaban J connectivity index is 1.80. The highest BCUT2D eigenvalue weighted by molar-refractivity contribution is 6.10. The van der Waals surface area contributed by atoms with Gasteiger partial charge in [0.25, 0.3) is 0 Å². The van der Waals surface area contributed by atoms with E-state index in [-0.39, 0.29) is 17.4 Å². The Labute approximate surface area is 186 Å². The highest BCUT2D eigenvalue weighted by Gasteiger charge is 2.44. The van der Waals surface area contributed by atoms with Crippen molar-refractivity contribution in [2.24, 2.45) is 16.3 Å². The number of carbonyl (C=O) groups is 1. The first-order valence-corrected chi connectivity index (χ1v) is 11.5. The number of Topliss-reactive ketones (excluding diaryl/α,β-unsaturated/α-hetero) is 1. The highest BCUT2D eigenvalue weighted by atomic mass is 16.1. The van der Waals surface area contributed by atoms with Crippen LogP contribution in [0.2, 0.25) is 0 Å².